The molecule has 1 N–H and O–H groups in total. The van der Waals surface area contributed by atoms with Gasteiger partial charge in [-0.05, 0) is 6.07 Å². The van der Waals surface area contributed by atoms with Gasteiger partial charge in [0.15, 0.2) is 5.69 Å². The number of nitrogens with zero attached hydrogens (tertiary/aromatic N) is 2. The first-order valence-electron chi connectivity index (χ1n) is 3.44. The van der Waals surface area contributed by atoms with Gasteiger partial charge < -0.3 is 4.98 Å². The minimum Gasteiger partial charge on any atom is -0.346 e. The lowest BCUT2D eigenvalue weighted by Crippen LogP contribution is -2.08. The Balaban J connectivity index is 2.75. The Kier molecular flexibility index (Phi) is 1.51. The lowest BCUT2D eigenvalue weighted by molar-refractivity contribution is -0.139. The predicted molar refractivity (Wildman–Crippen MR) is 38.9 cm³/mol. The third-order valence-corrected chi connectivity index (χ3v) is 1.62. The molecule has 6 heteroatoms. The first-order valence-corrected chi connectivity index (χ1v) is 3.44. The number of rotatable bonds is 0. The maximum atomic E-state index is 12.3. The smallest absolute Gasteiger partial charge is 0.346 e. The van der Waals surface area contributed by atoms with E-state index in [9.17, 15) is 13.2 Å². The van der Waals surface area contributed by atoms with Crippen LogP contribution in [0.4, 0.5) is 13.2 Å². The molecule has 0 aromatic carbocycles. The van der Waals surface area contributed by atoms with E-state index >= 15 is 0 Å². The summed E-state index contributed by atoms with van der Waals surface area (Å²) in [5, 5.41) is -0.00463. The third kappa shape index (κ3) is 1.24. The van der Waals surface area contributed by atoms with E-state index in [0.717, 1.165) is 6.33 Å². The van der Waals surface area contributed by atoms with Gasteiger partial charge in [0.1, 0.15) is 12.0 Å². The molecule has 0 unspecified atom stereocenters. The van der Waals surface area contributed by atoms with Gasteiger partial charge in [-0.3, -0.25) is 0 Å². The molecule has 0 aliphatic rings. The Labute approximate surface area is 70.6 Å². The van der Waals surface area contributed by atoms with Crippen molar-refractivity contribution in [1.29, 1.82) is 0 Å². The highest BCUT2D eigenvalue weighted by atomic mass is 19.4. The van der Waals surface area contributed by atoms with Crippen molar-refractivity contribution in [3.05, 3.63) is 24.3 Å². The fraction of sp³-hybridized carbons (Fsp3) is 0.143. The topological polar surface area (TPSA) is 41.6 Å². The van der Waals surface area contributed by atoms with Gasteiger partial charge in [0.2, 0.25) is 0 Å². The van der Waals surface area contributed by atoms with E-state index in [1.54, 1.807) is 0 Å². The van der Waals surface area contributed by atoms with Crippen LogP contribution in [0.3, 0.4) is 0 Å². The fourth-order valence-corrected chi connectivity index (χ4v) is 1.10. The van der Waals surface area contributed by atoms with Crippen LogP contribution in [0.2, 0.25) is 0 Å². The summed E-state index contributed by atoms with van der Waals surface area (Å²) < 4.78 is 36.9. The zero-order valence-corrected chi connectivity index (χ0v) is 6.26. The summed E-state index contributed by atoms with van der Waals surface area (Å²) in [6.07, 6.45) is -2.14. The number of halogens is 3. The van der Waals surface area contributed by atoms with Crippen molar-refractivity contribution in [2.75, 3.05) is 0 Å². The molecule has 2 rings (SSSR count). The molecule has 3 nitrogen and oxygen atoms in total. The number of alkyl halides is 3. The molecule has 2 heterocycles. The molecule has 0 amide bonds. The van der Waals surface area contributed by atoms with Crippen molar-refractivity contribution in [1.82, 2.24) is 15.0 Å². The van der Waals surface area contributed by atoms with E-state index in [1.807, 2.05) is 0 Å². The number of nitrogens with one attached hydrogen (secondary N) is 1. The maximum absolute atomic E-state index is 12.3. The minimum atomic E-state index is -4.43. The molecule has 13 heavy (non-hydrogen) atoms. The first kappa shape index (κ1) is 8.03. The van der Waals surface area contributed by atoms with Crippen LogP contribution < -0.4 is 0 Å². The number of aromatic amines is 1. The van der Waals surface area contributed by atoms with Crippen LogP contribution in [0, 0.1) is 0 Å². The first-order chi connectivity index (χ1) is 6.09. The van der Waals surface area contributed by atoms with Gasteiger partial charge in [0, 0.05) is 11.6 Å². The molecule has 0 aliphatic carbocycles. The average molecular weight is 187 g/mol. The quantitative estimate of drug-likeness (QED) is 0.685. The van der Waals surface area contributed by atoms with Gasteiger partial charge in [0.25, 0.3) is 0 Å². The van der Waals surface area contributed by atoms with Crippen LogP contribution in [0.25, 0.3) is 11.0 Å². The Morgan fingerprint density at radius 3 is 2.69 bits per heavy atom. The number of hydrogen-bond donors (Lipinski definition) is 1. The van der Waals surface area contributed by atoms with Crippen LogP contribution in [0.5, 0.6) is 0 Å². The zero-order valence-electron chi connectivity index (χ0n) is 6.26. The summed E-state index contributed by atoms with van der Waals surface area (Å²) in [5.41, 5.74) is -0.707. The van der Waals surface area contributed by atoms with Gasteiger partial charge in [-0.15, -0.1) is 0 Å². The maximum Gasteiger partial charge on any atom is 0.434 e. The lowest BCUT2D eigenvalue weighted by atomic mass is 10.3. The van der Waals surface area contributed by atoms with E-state index in [0.29, 0.717) is 0 Å². The summed E-state index contributed by atoms with van der Waals surface area (Å²) in [6.45, 7) is 0. The summed E-state index contributed by atoms with van der Waals surface area (Å²) in [5.74, 6) is 0. The van der Waals surface area contributed by atoms with E-state index in [4.69, 9.17) is 0 Å². The normalized spacial score (nSPS) is 12.2. The molecular weight excluding hydrogens is 183 g/mol. The molecule has 2 aromatic heterocycles. The van der Waals surface area contributed by atoms with Crippen LogP contribution >= 0.6 is 0 Å². The lowest BCUT2D eigenvalue weighted by Gasteiger charge is -2.04. The molecule has 2 aromatic rings. The van der Waals surface area contributed by atoms with Crippen molar-refractivity contribution in [2.24, 2.45) is 0 Å². The molecule has 0 radical (unpaired) electrons. The van der Waals surface area contributed by atoms with Gasteiger partial charge in [0.05, 0.1) is 0 Å². The second kappa shape index (κ2) is 2.45. The Morgan fingerprint density at radius 2 is 2.00 bits per heavy atom. The Bertz CT molecular complexity index is 432. The number of H-pyrrole nitrogens is 1. The van der Waals surface area contributed by atoms with E-state index in [2.05, 4.69) is 15.0 Å². The minimum absolute atomic E-state index is 0.00463. The Morgan fingerprint density at radius 1 is 1.23 bits per heavy atom. The number of aromatic nitrogens is 3. The largest absolute Gasteiger partial charge is 0.434 e. The highest BCUT2D eigenvalue weighted by Crippen LogP contribution is 2.31. The molecule has 0 spiro atoms. The molecule has 0 saturated heterocycles. The van der Waals surface area contributed by atoms with Crippen molar-refractivity contribution >= 4 is 11.0 Å². The molecular formula is C7H4F3N3. The van der Waals surface area contributed by atoms with Gasteiger partial charge >= 0.3 is 6.18 Å². The van der Waals surface area contributed by atoms with Crippen molar-refractivity contribution in [2.45, 2.75) is 6.18 Å². The second-order valence-corrected chi connectivity index (χ2v) is 2.46. The van der Waals surface area contributed by atoms with Gasteiger partial charge in [-0.25, -0.2) is 9.97 Å². The third-order valence-electron chi connectivity index (χ3n) is 1.62. The summed E-state index contributed by atoms with van der Waals surface area (Å²) >= 11 is 0. The van der Waals surface area contributed by atoms with Crippen molar-refractivity contribution in [3.63, 3.8) is 0 Å². The molecule has 0 aliphatic heterocycles. The highest BCUT2D eigenvalue weighted by Gasteiger charge is 2.34. The molecule has 0 atom stereocenters. The van der Waals surface area contributed by atoms with E-state index in [-0.39, 0.29) is 11.0 Å². The molecule has 68 valence electrons. The second-order valence-electron chi connectivity index (χ2n) is 2.46. The van der Waals surface area contributed by atoms with Crippen LogP contribution in [0.1, 0.15) is 5.69 Å². The van der Waals surface area contributed by atoms with Crippen molar-refractivity contribution < 1.29 is 13.2 Å². The molecule has 0 saturated carbocycles. The molecule has 0 bridgehead atoms. The summed E-state index contributed by atoms with van der Waals surface area (Å²) in [4.78, 5) is 9.42. The average Bonchev–Trinajstić information content (AvgIpc) is 2.48. The van der Waals surface area contributed by atoms with Crippen LogP contribution in [-0.2, 0) is 6.18 Å². The monoisotopic (exact) mass is 187 g/mol. The number of fused-ring (bicyclic) bond motifs is 1. The van der Waals surface area contributed by atoms with Crippen molar-refractivity contribution in [3.8, 4) is 0 Å². The SMILES string of the molecule is FC(F)(F)c1ncnc2[nH]ccc12. The van der Waals surface area contributed by atoms with Gasteiger partial charge in [-0.2, -0.15) is 13.2 Å². The van der Waals surface area contributed by atoms with Crippen LogP contribution in [0.15, 0.2) is 18.6 Å². The van der Waals surface area contributed by atoms with Crippen LogP contribution in [-0.4, -0.2) is 15.0 Å². The number of hydrogen-bond acceptors (Lipinski definition) is 2. The fourth-order valence-electron chi connectivity index (χ4n) is 1.10. The summed E-state index contributed by atoms with van der Waals surface area (Å²) in [6, 6.07) is 1.30. The Hall–Kier alpha value is -1.59. The van der Waals surface area contributed by atoms with E-state index in [1.165, 1.54) is 12.3 Å². The van der Waals surface area contributed by atoms with E-state index < -0.39 is 11.9 Å². The standard InChI is InChI=1S/C7H4F3N3/c8-7(9,10)5-4-1-2-11-6(4)13-3-12-5/h1-3H,(H,11,12,13). The molecule has 0 fully saturated rings. The highest BCUT2D eigenvalue weighted by molar-refractivity contribution is 5.78. The van der Waals surface area contributed by atoms with Gasteiger partial charge in [-0.1, -0.05) is 0 Å². The predicted octanol–water partition coefficient (Wildman–Crippen LogP) is 1.98. The summed E-state index contributed by atoms with van der Waals surface area (Å²) in [7, 11) is 0. The zero-order chi connectivity index (χ0) is 9.47.